The summed E-state index contributed by atoms with van der Waals surface area (Å²) >= 11 is 0. The lowest BCUT2D eigenvalue weighted by atomic mass is 9.94. The smallest absolute Gasteiger partial charge is 0.277 e. The van der Waals surface area contributed by atoms with Crippen molar-refractivity contribution in [2.24, 2.45) is 0 Å². The van der Waals surface area contributed by atoms with Gasteiger partial charge in [0, 0.05) is 24.0 Å². The fraction of sp³-hybridized carbons (Fsp3) is 0.345. The number of aromatic nitrogens is 1. The van der Waals surface area contributed by atoms with E-state index in [1.165, 1.54) is 11.3 Å². The minimum absolute atomic E-state index is 0.0913. The van der Waals surface area contributed by atoms with E-state index in [2.05, 4.69) is 10.3 Å². The summed E-state index contributed by atoms with van der Waals surface area (Å²) in [5, 5.41) is 3.23. The fourth-order valence-corrected chi connectivity index (χ4v) is 4.61. The lowest BCUT2D eigenvalue weighted by Gasteiger charge is -2.33. The SMILES string of the molecule is CCOc1ccc(C(C(=O)NC2CCCCC2)N(C(=O)c2ccccn2)c2cccc(OC)c2)cc1. The number of rotatable bonds is 9. The molecular weight excluding hydrogens is 454 g/mol. The van der Waals surface area contributed by atoms with Crippen LogP contribution in [0.25, 0.3) is 0 Å². The Bertz CT molecular complexity index is 1140. The summed E-state index contributed by atoms with van der Waals surface area (Å²) in [4.78, 5) is 33.7. The largest absolute Gasteiger partial charge is 0.497 e. The summed E-state index contributed by atoms with van der Waals surface area (Å²) < 4.78 is 11.0. The van der Waals surface area contributed by atoms with Crippen LogP contribution >= 0.6 is 0 Å². The topological polar surface area (TPSA) is 80.8 Å². The molecule has 2 amide bonds. The monoisotopic (exact) mass is 487 g/mol. The van der Waals surface area contributed by atoms with Gasteiger partial charge in [-0.2, -0.15) is 0 Å². The number of hydrogen-bond acceptors (Lipinski definition) is 5. The number of pyridine rings is 1. The Balaban J connectivity index is 1.80. The van der Waals surface area contributed by atoms with Gasteiger partial charge in [-0.3, -0.25) is 19.5 Å². The number of hydrogen-bond donors (Lipinski definition) is 1. The zero-order valence-corrected chi connectivity index (χ0v) is 20.9. The van der Waals surface area contributed by atoms with E-state index in [4.69, 9.17) is 9.47 Å². The first-order chi connectivity index (χ1) is 17.6. The average Bonchev–Trinajstić information content (AvgIpc) is 2.93. The molecule has 2 aromatic carbocycles. The van der Waals surface area contributed by atoms with E-state index in [0.29, 0.717) is 29.4 Å². The molecule has 36 heavy (non-hydrogen) atoms. The van der Waals surface area contributed by atoms with Gasteiger partial charge in [0.2, 0.25) is 5.91 Å². The molecule has 0 radical (unpaired) electrons. The highest BCUT2D eigenvalue weighted by Gasteiger charge is 2.35. The molecule has 1 aromatic heterocycles. The van der Waals surface area contributed by atoms with Crippen LogP contribution in [0.4, 0.5) is 5.69 Å². The van der Waals surface area contributed by atoms with E-state index in [9.17, 15) is 9.59 Å². The number of nitrogens with zero attached hydrogens (tertiary/aromatic N) is 2. The van der Waals surface area contributed by atoms with Crippen molar-refractivity contribution in [2.75, 3.05) is 18.6 Å². The summed E-state index contributed by atoms with van der Waals surface area (Å²) in [6, 6.07) is 18.9. The number of nitrogens with one attached hydrogen (secondary N) is 1. The third-order valence-electron chi connectivity index (χ3n) is 6.40. The van der Waals surface area contributed by atoms with Crippen LogP contribution in [0.1, 0.15) is 61.1 Å². The van der Waals surface area contributed by atoms with Crippen LogP contribution in [0.15, 0.2) is 72.9 Å². The molecule has 1 heterocycles. The molecule has 1 fully saturated rings. The van der Waals surface area contributed by atoms with Crippen LogP contribution in [0.5, 0.6) is 11.5 Å². The predicted molar refractivity (Wildman–Crippen MR) is 139 cm³/mol. The molecule has 0 spiro atoms. The Morgan fingerprint density at radius 1 is 1.00 bits per heavy atom. The van der Waals surface area contributed by atoms with E-state index < -0.39 is 6.04 Å². The molecule has 0 bridgehead atoms. The van der Waals surface area contributed by atoms with E-state index >= 15 is 0 Å². The number of amides is 2. The van der Waals surface area contributed by atoms with Gasteiger partial charge in [0.1, 0.15) is 23.2 Å². The van der Waals surface area contributed by atoms with E-state index in [1.807, 2.05) is 31.2 Å². The first kappa shape index (κ1) is 25.2. The Morgan fingerprint density at radius 3 is 2.44 bits per heavy atom. The maximum absolute atomic E-state index is 13.9. The highest BCUT2D eigenvalue weighted by atomic mass is 16.5. The van der Waals surface area contributed by atoms with Gasteiger partial charge in [-0.05, 0) is 61.7 Å². The number of benzene rings is 2. The van der Waals surface area contributed by atoms with E-state index in [0.717, 1.165) is 25.7 Å². The van der Waals surface area contributed by atoms with Gasteiger partial charge < -0.3 is 14.8 Å². The highest BCUT2D eigenvalue weighted by molar-refractivity contribution is 6.09. The van der Waals surface area contributed by atoms with Crippen LogP contribution < -0.4 is 19.7 Å². The second kappa shape index (κ2) is 12.2. The molecule has 1 N–H and O–H groups in total. The minimum atomic E-state index is -0.913. The van der Waals surface area contributed by atoms with Gasteiger partial charge >= 0.3 is 0 Å². The molecule has 1 aliphatic carbocycles. The zero-order valence-electron chi connectivity index (χ0n) is 20.9. The molecule has 1 unspecified atom stereocenters. The van der Waals surface area contributed by atoms with Crippen LogP contribution in [-0.2, 0) is 4.79 Å². The Hall–Kier alpha value is -3.87. The second-order valence-electron chi connectivity index (χ2n) is 8.84. The molecule has 188 valence electrons. The summed E-state index contributed by atoms with van der Waals surface area (Å²) in [5.41, 5.74) is 1.48. The lowest BCUT2D eigenvalue weighted by Crippen LogP contribution is -2.47. The van der Waals surface area contributed by atoms with Gasteiger partial charge in [-0.25, -0.2) is 0 Å². The minimum Gasteiger partial charge on any atom is -0.497 e. The molecular formula is C29H33N3O4. The predicted octanol–water partition coefficient (Wildman–Crippen LogP) is 5.33. The molecule has 0 saturated heterocycles. The molecule has 3 aromatic rings. The molecule has 1 atom stereocenters. The second-order valence-corrected chi connectivity index (χ2v) is 8.84. The zero-order chi connectivity index (χ0) is 25.3. The Morgan fingerprint density at radius 2 is 1.78 bits per heavy atom. The molecule has 1 saturated carbocycles. The number of carbonyl (C=O) groups is 2. The average molecular weight is 488 g/mol. The van der Waals surface area contributed by atoms with Crippen LogP contribution in [-0.4, -0.2) is 36.6 Å². The summed E-state index contributed by atoms with van der Waals surface area (Å²) in [6.45, 7) is 2.46. The summed E-state index contributed by atoms with van der Waals surface area (Å²) in [6.07, 6.45) is 6.81. The van der Waals surface area contributed by atoms with Crippen molar-refractivity contribution in [1.29, 1.82) is 0 Å². The van der Waals surface area contributed by atoms with Crippen LogP contribution in [0.2, 0.25) is 0 Å². The van der Waals surface area contributed by atoms with Crippen LogP contribution in [0, 0.1) is 0 Å². The van der Waals surface area contributed by atoms with Crippen molar-refractivity contribution in [3.8, 4) is 11.5 Å². The van der Waals surface area contributed by atoms with Crippen molar-refractivity contribution < 1.29 is 19.1 Å². The Kier molecular flexibility index (Phi) is 8.55. The first-order valence-electron chi connectivity index (χ1n) is 12.5. The van der Waals surface area contributed by atoms with Crippen molar-refractivity contribution in [2.45, 2.75) is 51.1 Å². The van der Waals surface area contributed by atoms with Crippen molar-refractivity contribution >= 4 is 17.5 Å². The number of methoxy groups -OCH3 is 1. The van der Waals surface area contributed by atoms with Crippen molar-refractivity contribution in [3.05, 3.63) is 84.2 Å². The first-order valence-corrected chi connectivity index (χ1v) is 12.5. The van der Waals surface area contributed by atoms with E-state index in [1.54, 1.807) is 55.8 Å². The third-order valence-corrected chi connectivity index (χ3v) is 6.40. The number of anilines is 1. The van der Waals surface area contributed by atoms with Gasteiger partial charge in [0.05, 0.1) is 13.7 Å². The van der Waals surface area contributed by atoms with Crippen molar-refractivity contribution in [1.82, 2.24) is 10.3 Å². The lowest BCUT2D eigenvalue weighted by molar-refractivity contribution is -0.123. The Labute approximate surface area is 212 Å². The molecule has 7 nitrogen and oxygen atoms in total. The van der Waals surface area contributed by atoms with E-state index in [-0.39, 0.29) is 23.6 Å². The normalized spacial score (nSPS) is 14.5. The standard InChI is InChI=1S/C29H33N3O4/c1-3-36-24-17-15-21(16-18-24)27(28(33)31-22-10-5-4-6-11-22)32(23-12-9-13-25(20-23)35-2)29(34)26-14-7-8-19-30-26/h7-9,12-20,22,27H,3-6,10-11H2,1-2H3,(H,31,33). The molecule has 7 heteroatoms. The highest BCUT2D eigenvalue weighted by Crippen LogP contribution is 2.33. The molecule has 4 rings (SSSR count). The molecule has 1 aliphatic rings. The molecule has 0 aliphatic heterocycles. The number of ether oxygens (including phenoxy) is 2. The maximum atomic E-state index is 13.9. The van der Waals surface area contributed by atoms with Gasteiger partial charge in [-0.15, -0.1) is 0 Å². The van der Waals surface area contributed by atoms with Crippen molar-refractivity contribution in [3.63, 3.8) is 0 Å². The quantitative estimate of drug-likeness (QED) is 0.442. The summed E-state index contributed by atoms with van der Waals surface area (Å²) in [5.74, 6) is 0.695. The van der Waals surface area contributed by atoms with Crippen LogP contribution in [0.3, 0.4) is 0 Å². The fourth-order valence-electron chi connectivity index (χ4n) is 4.61. The number of carbonyl (C=O) groups excluding carboxylic acids is 2. The summed E-state index contributed by atoms with van der Waals surface area (Å²) in [7, 11) is 1.57. The van der Waals surface area contributed by atoms with Gasteiger partial charge in [0.25, 0.3) is 5.91 Å². The third kappa shape index (κ3) is 6.03. The maximum Gasteiger partial charge on any atom is 0.277 e. The van der Waals surface area contributed by atoms with Gasteiger partial charge in [0.15, 0.2) is 0 Å². The van der Waals surface area contributed by atoms with Gasteiger partial charge in [-0.1, -0.05) is 43.5 Å².